The lowest BCUT2D eigenvalue weighted by Crippen LogP contribution is -2.42. The van der Waals surface area contributed by atoms with Crippen molar-refractivity contribution in [1.29, 1.82) is 0 Å². The van der Waals surface area contributed by atoms with E-state index < -0.39 is 80.1 Å². The standard InChI is InChI=1S/C24H40N5O7P.C15H23N3O6.C4H8O.2CH4/c1-15(2)29(16(3)4)37(34-14-12-25-7)36-21-20(17(5)9-11-26-18(6)30)35-23(22(21)33-8)28-13-10-19(31)27-24(28)32;1-8(4-6-16-9(2)19)12-11(21)13(23-3)14(24-12)18-7-5-10(20)17-15(18)22;1-2-4-5-3-1;;/h10,13,15-17,20-23H,9,11-12,14H2,1-6,8H3,(H,26,30)(H,27,31,32);5,7-8,11-14,21H,4,6H2,1-3H3,(H,16,19)(H,17,20,22);1-4H2;2*1H4/t17-,20+,21-,22?,23+,37?;8-,11-,12+,13?,14+;;;/m00.../s1. The Morgan fingerprint density at radius 3 is 1.66 bits per heavy atom. The average molecular weight is 987 g/mol. The summed E-state index contributed by atoms with van der Waals surface area (Å²) < 4.78 is 45.7. The van der Waals surface area contributed by atoms with Crippen molar-refractivity contribution in [2.45, 2.75) is 157 Å². The number of aliphatic hydroxyl groups excluding tert-OH is 1. The zero-order valence-electron chi connectivity index (χ0n) is 39.8. The number of hydrogen-bond acceptors (Lipinski definition) is 15. The molecule has 2 aromatic rings. The van der Waals surface area contributed by atoms with Crippen molar-refractivity contribution in [2.75, 3.05) is 53.7 Å². The van der Waals surface area contributed by atoms with E-state index >= 15 is 0 Å². The molecule has 0 radical (unpaired) electrons. The van der Waals surface area contributed by atoms with Gasteiger partial charge < -0.3 is 53.3 Å². The van der Waals surface area contributed by atoms with E-state index in [9.17, 15) is 33.9 Å². The first-order valence-corrected chi connectivity index (χ1v) is 23.4. The minimum absolute atomic E-state index is 0. The summed E-state index contributed by atoms with van der Waals surface area (Å²) in [5, 5.41) is 16.0. The first-order chi connectivity index (χ1) is 31.4. The third-order valence-corrected chi connectivity index (χ3v) is 13.2. The Kier molecular flexibility index (Phi) is 28.4. The van der Waals surface area contributed by atoms with E-state index in [1.807, 2.05) is 41.5 Å². The van der Waals surface area contributed by atoms with Gasteiger partial charge in [0.25, 0.3) is 19.6 Å². The van der Waals surface area contributed by atoms with E-state index in [1.165, 1.54) is 74.6 Å². The van der Waals surface area contributed by atoms with Crippen molar-refractivity contribution in [3.05, 3.63) is 77.6 Å². The highest BCUT2D eigenvalue weighted by Crippen LogP contribution is 2.51. The monoisotopic (exact) mass is 987 g/mol. The van der Waals surface area contributed by atoms with Gasteiger partial charge in [0, 0.05) is 91.0 Å². The van der Waals surface area contributed by atoms with Gasteiger partial charge in [-0.2, -0.15) is 0 Å². The largest absolute Gasteiger partial charge is 0.387 e. The van der Waals surface area contributed by atoms with Crippen LogP contribution in [-0.2, 0) is 42.3 Å². The summed E-state index contributed by atoms with van der Waals surface area (Å²) in [4.78, 5) is 77.6. The number of aromatic nitrogens is 4. The van der Waals surface area contributed by atoms with Gasteiger partial charge in [0.1, 0.15) is 31.0 Å². The van der Waals surface area contributed by atoms with Crippen LogP contribution in [0.5, 0.6) is 0 Å². The number of nitrogens with zero attached hydrogens (tertiary/aromatic N) is 4. The molecule has 23 heteroatoms. The number of ether oxygens (including phenoxy) is 5. The molecule has 3 aliphatic rings. The van der Waals surface area contributed by atoms with Crippen LogP contribution < -0.4 is 33.1 Å². The smallest absolute Gasteiger partial charge is 0.330 e. The topological polar surface area (TPSA) is 260 Å². The maximum Gasteiger partial charge on any atom is 0.330 e. The Morgan fingerprint density at radius 2 is 1.26 bits per heavy atom. The molecule has 3 fully saturated rings. The van der Waals surface area contributed by atoms with E-state index in [0.29, 0.717) is 25.9 Å². The summed E-state index contributed by atoms with van der Waals surface area (Å²) >= 11 is 0. The van der Waals surface area contributed by atoms with Gasteiger partial charge in [-0.15, -0.1) is 0 Å². The van der Waals surface area contributed by atoms with Crippen LogP contribution in [0, 0.1) is 18.4 Å². The predicted molar refractivity (Wildman–Crippen MR) is 258 cm³/mol. The van der Waals surface area contributed by atoms with E-state index in [2.05, 4.69) is 30.1 Å². The molecule has 0 bridgehead atoms. The number of carbonyl (C=O) groups excluding carboxylic acids is 2. The first kappa shape index (κ1) is 61.9. The van der Waals surface area contributed by atoms with Crippen LogP contribution >= 0.6 is 8.53 Å². The predicted octanol–water partition coefficient (Wildman–Crippen LogP) is 3.32. The minimum Gasteiger partial charge on any atom is -0.387 e. The quantitative estimate of drug-likeness (QED) is 0.0725. The van der Waals surface area contributed by atoms with Gasteiger partial charge >= 0.3 is 11.4 Å². The molecule has 22 nitrogen and oxygen atoms in total. The van der Waals surface area contributed by atoms with Gasteiger partial charge in [-0.3, -0.25) is 38.3 Å². The summed E-state index contributed by atoms with van der Waals surface area (Å²) in [6.45, 7) is 25.4. The van der Waals surface area contributed by atoms with Crippen LogP contribution in [0.4, 0.5) is 0 Å². The van der Waals surface area contributed by atoms with Crippen molar-refractivity contribution in [3.8, 4) is 0 Å². The Hall–Kier alpha value is -4.14. The van der Waals surface area contributed by atoms with Crippen LogP contribution in [-0.4, -0.2) is 143 Å². The van der Waals surface area contributed by atoms with E-state index in [4.69, 9.17) is 39.3 Å². The summed E-state index contributed by atoms with van der Waals surface area (Å²) in [6.07, 6.45) is 0.638. The molecule has 5 N–H and O–H groups in total. The first-order valence-electron chi connectivity index (χ1n) is 22.3. The summed E-state index contributed by atoms with van der Waals surface area (Å²) in [5.41, 5.74) is -2.27. The number of hydrogen-bond donors (Lipinski definition) is 5. The van der Waals surface area contributed by atoms with Crippen molar-refractivity contribution >= 4 is 20.3 Å². The van der Waals surface area contributed by atoms with Crippen LogP contribution in [0.1, 0.15) is 108 Å². The van der Waals surface area contributed by atoms with Gasteiger partial charge in [0.05, 0.1) is 12.2 Å². The number of aliphatic hydroxyl groups is 1. The lowest BCUT2D eigenvalue weighted by Gasteiger charge is -2.38. The van der Waals surface area contributed by atoms with Gasteiger partial charge in [-0.1, -0.05) is 28.7 Å². The van der Waals surface area contributed by atoms with E-state index in [1.54, 1.807) is 0 Å². The number of H-pyrrole nitrogens is 2. The number of amides is 2. The fourth-order valence-electron chi connectivity index (χ4n) is 7.78. The molecule has 0 saturated carbocycles. The molecule has 0 aliphatic carbocycles. The molecular formula is C45H79N8O14P. The normalized spacial score (nSPS) is 24.3. The van der Waals surface area contributed by atoms with Gasteiger partial charge in [0.2, 0.25) is 18.4 Å². The molecule has 0 aromatic carbocycles. The molecule has 2 aromatic heterocycles. The number of methoxy groups -OCH3 is 2. The molecule has 68 heavy (non-hydrogen) atoms. The van der Waals surface area contributed by atoms with Gasteiger partial charge in [0.15, 0.2) is 12.5 Å². The molecule has 0 spiro atoms. The summed E-state index contributed by atoms with van der Waals surface area (Å²) in [5.74, 6) is -0.416. The highest BCUT2D eigenvalue weighted by molar-refractivity contribution is 7.44. The van der Waals surface area contributed by atoms with Gasteiger partial charge in [-0.25, -0.2) is 20.8 Å². The fourth-order valence-corrected chi connectivity index (χ4v) is 9.53. The molecular weight excluding hydrogens is 908 g/mol. The molecule has 388 valence electrons. The molecule has 11 atom stereocenters. The lowest BCUT2D eigenvalue weighted by atomic mass is 9.95. The van der Waals surface area contributed by atoms with Crippen LogP contribution in [0.15, 0.2) is 43.7 Å². The van der Waals surface area contributed by atoms with Gasteiger partial charge in [-0.05, 0) is 65.2 Å². The van der Waals surface area contributed by atoms with Crippen LogP contribution in [0.2, 0.25) is 0 Å². The third-order valence-electron chi connectivity index (χ3n) is 11.0. The Bertz CT molecular complexity index is 2060. The minimum atomic E-state index is -1.62. The second-order valence-electron chi connectivity index (χ2n) is 16.8. The number of rotatable bonds is 20. The Morgan fingerprint density at radius 1 is 0.809 bits per heavy atom. The summed E-state index contributed by atoms with van der Waals surface area (Å²) in [6, 6.07) is 2.64. The van der Waals surface area contributed by atoms with Crippen molar-refractivity contribution in [3.63, 3.8) is 0 Å². The second-order valence-corrected chi connectivity index (χ2v) is 18.2. The van der Waals surface area contributed by atoms with Crippen molar-refractivity contribution in [1.82, 2.24) is 34.4 Å². The molecule has 3 aliphatic heterocycles. The lowest BCUT2D eigenvalue weighted by molar-refractivity contribution is -0.120. The Labute approximate surface area is 401 Å². The van der Waals surface area contributed by atoms with Crippen molar-refractivity contribution < 1.29 is 47.4 Å². The fraction of sp³-hybridized carbons (Fsp3) is 0.756. The number of nitrogens with one attached hydrogen (secondary N) is 4. The number of aromatic amines is 2. The molecule has 3 unspecified atom stereocenters. The highest BCUT2D eigenvalue weighted by atomic mass is 31.2. The zero-order valence-corrected chi connectivity index (χ0v) is 40.7. The molecule has 2 amide bonds. The maximum absolute atomic E-state index is 12.6. The highest BCUT2D eigenvalue weighted by Gasteiger charge is 2.51. The third kappa shape index (κ3) is 18.3. The van der Waals surface area contributed by atoms with E-state index in [0.717, 1.165) is 13.2 Å². The maximum atomic E-state index is 12.6. The molecule has 5 rings (SSSR count). The second kappa shape index (κ2) is 31.2. The summed E-state index contributed by atoms with van der Waals surface area (Å²) in [7, 11) is 1.32. The molecule has 5 heterocycles. The Balaban J connectivity index is 0.000000637. The van der Waals surface area contributed by atoms with Crippen LogP contribution in [0.3, 0.4) is 0 Å². The molecule has 3 saturated heterocycles. The zero-order chi connectivity index (χ0) is 49.1. The van der Waals surface area contributed by atoms with E-state index in [-0.39, 0.29) is 63.7 Å². The SMILES string of the molecule is C.C.C1CCOC1.COC1[C@@H](O)[C@@H]([C@@H](C)CCNC(C)=O)O[C@H]1n1ccc(=O)[nH]c1=O.[C-]#[N+]CCOP(O[C@@H]1C(OC)[C@H](n2ccc(=O)[nH]c2=O)O[C@@H]1[C@@H](C)CCNC(C)=O)N(C(C)C)C(C)C. The van der Waals surface area contributed by atoms with Crippen molar-refractivity contribution in [2.24, 2.45) is 11.8 Å². The average Bonchev–Trinajstić information content (AvgIpc) is 4.01. The number of carbonyl (C=O) groups is 2. The van der Waals surface area contributed by atoms with Crippen LogP contribution in [0.25, 0.3) is 4.85 Å².